The van der Waals surface area contributed by atoms with Crippen molar-refractivity contribution in [2.24, 2.45) is 11.3 Å². The van der Waals surface area contributed by atoms with Crippen molar-refractivity contribution < 1.29 is 23.3 Å². The molecule has 8 heteroatoms. The van der Waals surface area contributed by atoms with Crippen molar-refractivity contribution in [3.8, 4) is 0 Å². The number of carbonyl (C=O) groups is 1. The normalized spacial score (nSPS) is 30.5. The monoisotopic (exact) mass is 307 g/mol. The second-order valence-corrected chi connectivity index (χ2v) is 8.81. The minimum Gasteiger partial charge on any atom is -0.303 e. The van der Waals surface area contributed by atoms with Gasteiger partial charge in [-0.25, -0.2) is 0 Å². The van der Waals surface area contributed by atoms with E-state index in [1.165, 1.54) is 6.92 Å². The van der Waals surface area contributed by atoms with E-state index in [4.69, 9.17) is 9.05 Å². The summed E-state index contributed by atoms with van der Waals surface area (Å²) in [5.41, 5.74) is -0.0982. The van der Waals surface area contributed by atoms with Gasteiger partial charge in [0.25, 0.3) is 0 Å². The summed E-state index contributed by atoms with van der Waals surface area (Å²) >= 11 is 0. The van der Waals surface area contributed by atoms with Crippen molar-refractivity contribution in [1.82, 2.24) is 0 Å². The molecule has 1 heterocycles. The largest absolute Gasteiger partial charge is 0.406 e. The van der Waals surface area contributed by atoms with Crippen LogP contribution in [0.15, 0.2) is 0 Å². The molecule has 1 atom stereocenters. The van der Waals surface area contributed by atoms with Crippen LogP contribution in [0, 0.1) is 21.4 Å². The van der Waals surface area contributed by atoms with Gasteiger partial charge in [-0.2, -0.15) is 0 Å². The molecule has 0 saturated carbocycles. The van der Waals surface area contributed by atoms with Crippen LogP contribution in [0.25, 0.3) is 0 Å². The molecular formula is C12H22NO6P. The first-order valence-corrected chi connectivity index (χ1v) is 8.08. The zero-order valence-corrected chi connectivity index (χ0v) is 13.2. The number of nitro groups is 1. The molecule has 1 rings (SSSR count). The van der Waals surface area contributed by atoms with Gasteiger partial charge in [0, 0.05) is 30.6 Å². The van der Waals surface area contributed by atoms with Gasteiger partial charge in [-0.3, -0.25) is 14.7 Å². The molecular weight excluding hydrogens is 285 g/mol. The molecule has 1 saturated heterocycles. The van der Waals surface area contributed by atoms with Gasteiger partial charge in [-0.1, -0.05) is 20.8 Å². The van der Waals surface area contributed by atoms with E-state index in [-0.39, 0.29) is 37.4 Å². The Balaban J connectivity index is 2.91. The Bertz CT molecular complexity index is 420. The van der Waals surface area contributed by atoms with E-state index in [9.17, 15) is 19.5 Å². The zero-order chi connectivity index (χ0) is 15.6. The van der Waals surface area contributed by atoms with Crippen molar-refractivity contribution in [2.75, 3.05) is 13.2 Å². The molecule has 1 fully saturated rings. The first-order chi connectivity index (χ1) is 9.07. The quantitative estimate of drug-likeness (QED) is 0.335. The Labute approximate surface area is 118 Å². The number of hydrogen-bond acceptors (Lipinski definition) is 6. The van der Waals surface area contributed by atoms with Crippen molar-refractivity contribution in [3.05, 3.63) is 10.1 Å². The summed E-state index contributed by atoms with van der Waals surface area (Å²) < 4.78 is 23.3. The highest BCUT2D eigenvalue weighted by atomic mass is 31.2. The van der Waals surface area contributed by atoms with Gasteiger partial charge >= 0.3 is 12.9 Å². The van der Waals surface area contributed by atoms with Crippen LogP contribution < -0.4 is 0 Å². The number of hydrogen-bond donors (Lipinski definition) is 0. The highest BCUT2D eigenvalue weighted by molar-refractivity contribution is 7.55. The van der Waals surface area contributed by atoms with Gasteiger partial charge in [0.05, 0.1) is 13.2 Å². The molecule has 116 valence electrons. The third kappa shape index (κ3) is 3.27. The van der Waals surface area contributed by atoms with Crippen LogP contribution in [0.1, 0.15) is 40.5 Å². The molecule has 7 nitrogen and oxygen atoms in total. The van der Waals surface area contributed by atoms with Crippen LogP contribution in [0.4, 0.5) is 0 Å². The van der Waals surface area contributed by atoms with Gasteiger partial charge in [-0.15, -0.1) is 0 Å². The molecule has 0 radical (unpaired) electrons. The number of carbonyl (C=O) groups excluding carboxylic acids is 1. The molecule has 1 unspecified atom stereocenters. The number of aldehydes is 1. The molecule has 0 bridgehead atoms. The Kier molecular flexibility index (Phi) is 5.11. The van der Waals surface area contributed by atoms with Crippen LogP contribution >= 0.6 is 7.60 Å². The van der Waals surface area contributed by atoms with Crippen molar-refractivity contribution in [1.29, 1.82) is 0 Å². The molecule has 0 spiro atoms. The fourth-order valence-electron chi connectivity index (χ4n) is 1.90. The Morgan fingerprint density at radius 1 is 1.30 bits per heavy atom. The molecule has 0 aromatic rings. The molecule has 0 N–H and O–H groups in total. The van der Waals surface area contributed by atoms with Crippen molar-refractivity contribution in [2.45, 2.75) is 45.8 Å². The minimum atomic E-state index is -3.89. The molecule has 1 aliphatic rings. The highest BCUT2D eigenvalue weighted by Gasteiger charge is 2.60. The predicted octanol–water partition coefficient (Wildman–Crippen LogP) is 2.86. The van der Waals surface area contributed by atoms with E-state index in [2.05, 4.69) is 0 Å². The number of nitrogens with zero attached hydrogens (tertiary/aromatic N) is 1. The first-order valence-electron chi connectivity index (χ1n) is 6.54. The van der Waals surface area contributed by atoms with Crippen LogP contribution in [0.5, 0.6) is 0 Å². The lowest BCUT2D eigenvalue weighted by Gasteiger charge is -2.39. The first kappa shape index (κ1) is 17.3. The summed E-state index contributed by atoms with van der Waals surface area (Å²) in [5, 5.41) is 9.39. The second kappa shape index (κ2) is 5.92. The SMILES string of the molecule is CC(C)(C)C1COP(=O)(C(C)(CCC=O)[N+](=O)[O-])OC1. The zero-order valence-electron chi connectivity index (χ0n) is 12.3. The van der Waals surface area contributed by atoms with Crippen LogP contribution in [0.3, 0.4) is 0 Å². The maximum absolute atomic E-state index is 12.7. The van der Waals surface area contributed by atoms with Crippen LogP contribution in [-0.4, -0.2) is 29.7 Å². The van der Waals surface area contributed by atoms with E-state index in [1.54, 1.807) is 0 Å². The smallest absolute Gasteiger partial charge is 0.303 e. The van der Waals surface area contributed by atoms with E-state index in [0.29, 0.717) is 6.29 Å². The van der Waals surface area contributed by atoms with Gasteiger partial charge in [0.2, 0.25) is 0 Å². The minimum absolute atomic E-state index is 0.0200. The van der Waals surface area contributed by atoms with Crippen LogP contribution in [-0.2, 0) is 18.4 Å². The number of rotatable bonds is 5. The molecule has 0 aliphatic carbocycles. The fraction of sp³-hybridized carbons (Fsp3) is 0.917. The fourth-order valence-corrected chi connectivity index (χ4v) is 3.89. The van der Waals surface area contributed by atoms with Gasteiger partial charge in [-0.05, 0) is 5.41 Å². The summed E-state index contributed by atoms with van der Waals surface area (Å²) in [4.78, 5) is 21.1. The predicted molar refractivity (Wildman–Crippen MR) is 73.2 cm³/mol. The average molecular weight is 307 g/mol. The molecule has 0 amide bonds. The average Bonchev–Trinajstić information content (AvgIpc) is 2.34. The molecule has 20 heavy (non-hydrogen) atoms. The highest BCUT2D eigenvalue weighted by Crippen LogP contribution is 2.64. The standard InChI is InChI=1S/C12H22NO6P/c1-11(2,3)10-8-18-20(17,19-9-10)12(4,13(15)16)6-5-7-14/h7,10H,5-6,8-9H2,1-4H3. The second-order valence-electron chi connectivity index (χ2n) is 6.33. The topological polar surface area (TPSA) is 95.7 Å². The molecule has 0 aromatic carbocycles. The van der Waals surface area contributed by atoms with E-state index >= 15 is 0 Å². The van der Waals surface area contributed by atoms with E-state index in [1.807, 2.05) is 20.8 Å². The third-order valence-electron chi connectivity index (χ3n) is 3.84. The summed E-state index contributed by atoms with van der Waals surface area (Å²) in [6, 6.07) is 0. The Morgan fingerprint density at radius 2 is 1.80 bits per heavy atom. The lowest BCUT2D eigenvalue weighted by molar-refractivity contribution is -0.541. The maximum Gasteiger partial charge on any atom is 0.406 e. The molecule has 0 aromatic heterocycles. The maximum atomic E-state index is 12.7. The van der Waals surface area contributed by atoms with Gasteiger partial charge < -0.3 is 13.8 Å². The Morgan fingerprint density at radius 3 is 2.15 bits per heavy atom. The summed E-state index contributed by atoms with van der Waals surface area (Å²) in [6.07, 6.45) is 0.341. The van der Waals surface area contributed by atoms with Crippen molar-refractivity contribution >= 4 is 13.9 Å². The Hall–Kier alpha value is -0.780. The summed E-state index contributed by atoms with van der Waals surface area (Å²) in [6.45, 7) is 7.53. The van der Waals surface area contributed by atoms with Crippen LogP contribution in [0.2, 0.25) is 0 Å². The lowest BCUT2D eigenvalue weighted by atomic mass is 9.82. The lowest BCUT2D eigenvalue weighted by Crippen LogP contribution is -2.41. The molecule has 1 aliphatic heterocycles. The van der Waals surface area contributed by atoms with Gasteiger partial charge in [0.1, 0.15) is 6.29 Å². The third-order valence-corrected chi connectivity index (χ3v) is 6.38. The van der Waals surface area contributed by atoms with Gasteiger partial charge in [0.15, 0.2) is 0 Å². The van der Waals surface area contributed by atoms with Crippen molar-refractivity contribution in [3.63, 3.8) is 0 Å². The van der Waals surface area contributed by atoms with E-state index < -0.39 is 17.8 Å². The summed E-state index contributed by atoms with van der Waals surface area (Å²) in [7, 11) is -3.89. The van der Waals surface area contributed by atoms with E-state index in [0.717, 1.165) is 0 Å². The summed E-state index contributed by atoms with van der Waals surface area (Å²) in [5.74, 6) is 0.0200.